The summed E-state index contributed by atoms with van der Waals surface area (Å²) in [4.78, 5) is 0. The van der Waals surface area contributed by atoms with Crippen LogP contribution in [0.5, 0.6) is 0 Å². The molecule has 2 N–H and O–H groups in total. The van der Waals surface area contributed by atoms with Crippen LogP contribution in [-0.2, 0) is 4.74 Å². The second-order valence-electron chi connectivity index (χ2n) is 2.99. The van der Waals surface area contributed by atoms with Gasteiger partial charge in [0.15, 0.2) is 0 Å². The highest BCUT2D eigenvalue weighted by molar-refractivity contribution is 4.74. The van der Waals surface area contributed by atoms with E-state index in [-0.39, 0.29) is 0 Å². The first-order valence-corrected chi connectivity index (χ1v) is 3.59. The molecule has 9 heavy (non-hydrogen) atoms. The third-order valence-corrected chi connectivity index (χ3v) is 1.73. The van der Waals surface area contributed by atoms with Gasteiger partial charge in [0.25, 0.3) is 0 Å². The smallest absolute Gasteiger partial charge is 0.0565 e. The van der Waals surface area contributed by atoms with E-state index < -0.39 is 0 Å². The van der Waals surface area contributed by atoms with Gasteiger partial charge in [0.1, 0.15) is 0 Å². The molecule has 2 nitrogen and oxygen atoms in total. The fourth-order valence-electron chi connectivity index (χ4n) is 1.46. The zero-order valence-electron chi connectivity index (χ0n) is 6.13. The van der Waals surface area contributed by atoms with Crippen LogP contribution in [0.25, 0.3) is 0 Å². The minimum Gasteiger partial charge on any atom is -0.375 e. The number of nitrogens with two attached hydrogens (primary N) is 1. The average Bonchev–Trinajstić information content (AvgIpc) is 1.59. The third kappa shape index (κ3) is 1.95. The molecule has 54 valence electrons. The largest absolute Gasteiger partial charge is 0.375 e. The van der Waals surface area contributed by atoms with Crippen LogP contribution in [-0.4, -0.2) is 18.2 Å². The molecule has 1 aliphatic rings. The molecule has 1 fully saturated rings. The standard InChI is InChI=1S/C7H15NO/c1-5-3-7(8)4-6(2)9-5/h5-7H,3-4,8H2,1-2H3/t5-,6-/m1/s1. The first-order valence-electron chi connectivity index (χ1n) is 3.59. The van der Waals surface area contributed by atoms with Gasteiger partial charge in [-0.1, -0.05) is 0 Å². The molecule has 0 aromatic carbocycles. The minimum absolute atomic E-state index is 0.365. The van der Waals surface area contributed by atoms with Crippen molar-refractivity contribution in [3.05, 3.63) is 0 Å². The van der Waals surface area contributed by atoms with Crippen molar-refractivity contribution < 1.29 is 4.74 Å². The van der Waals surface area contributed by atoms with E-state index in [0.29, 0.717) is 18.2 Å². The highest BCUT2D eigenvalue weighted by Gasteiger charge is 2.20. The Morgan fingerprint density at radius 1 is 1.22 bits per heavy atom. The van der Waals surface area contributed by atoms with E-state index in [1.807, 2.05) is 0 Å². The predicted octanol–water partition coefficient (Wildman–Crippen LogP) is 0.901. The zero-order valence-corrected chi connectivity index (χ0v) is 6.13. The summed E-state index contributed by atoms with van der Waals surface area (Å²) in [6, 6.07) is 0.365. The van der Waals surface area contributed by atoms with Crippen LogP contribution in [0.3, 0.4) is 0 Å². The van der Waals surface area contributed by atoms with Crippen molar-refractivity contribution in [2.75, 3.05) is 0 Å². The quantitative estimate of drug-likeness (QED) is 0.527. The summed E-state index contributed by atoms with van der Waals surface area (Å²) in [5.74, 6) is 0. The van der Waals surface area contributed by atoms with Crippen molar-refractivity contribution >= 4 is 0 Å². The van der Waals surface area contributed by atoms with Gasteiger partial charge in [-0.05, 0) is 26.7 Å². The van der Waals surface area contributed by atoms with E-state index in [1.165, 1.54) is 0 Å². The summed E-state index contributed by atoms with van der Waals surface area (Å²) >= 11 is 0. The van der Waals surface area contributed by atoms with Gasteiger partial charge in [-0.25, -0.2) is 0 Å². The Morgan fingerprint density at radius 2 is 1.67 bits per heavy atom. The lowest BCUT2D eigenvalue weighted by molar-refractivity contribution is -0.0365. The topological polar surface area (TPSA) is 35.2 Å². The molecule has 0 bridgehead atoms. The lowest BCUT2D eigenvalue weighted by atomic mass is 10.0. The van der Waals surface area contributed by atoms with Crippen LogP contribution in [0.2, 0.25) is 0 Å². The molecule has 0 radical (unpaired) electrons. The third-order valence-electron chi connectivity index (χ3n) is 1.73. The van der Waals surface area contributed by atoms with Crippen molar-refractivity contribution in [1.82, 2.24) is 0 Å². The van der Waals surface area contributed by atoms with E-state index in [2.05, 4.69) is 13.8 Å². The fraction of sp³-hybridized carbons (Fsp3) is 1.00. The van der Waals surface area contributed by atoms with Gasteiger partial charge >= 0.3 is 0 Å². The van der Waals surface area contributed by atoms with Crippen molar-refractivity contribution in [3.8, 4) is 0 Å². The molecule has 1 heterocycles. The lowest BCUT2D eigenvalue weighted by Gasteiger charge is -2.29. The summed E-state index contributed by atoms with van der Waals surface area (Å²) in [6.07, 6.45) is 2.77. The van der Waals surface area contributed by atoms with Crippen LogP contribution in [0.15, 0.2) is 0 Å². The second kappa shape index (κ2) is 2.67. The summed E-state index contributed by atoms with van der Waals surface area (Å²) in [7, 11) is 0. The Morgan fingerprint density at radius 3 is 2.00 bits per heavy atom. The fourth-order valence-corrected chi connectivity index (χ4v) is 1.46. The molecule has 1 rings (SSSR count). The molecule has 0 aromatic heterocycles. The van der Waals surface area contributed by atoms with Gasteiger partial charge in [-0.15, -0.1) is 0 Å². The Kier molecular flexibility index (Phi) is 2.09. The Balaban J connectivity index is 2.34. The highest BCUT2D eigenvalue weighted by Crippen LogP contribution is 2.16. The average molecular weight is 129 g/mol. The molecule has 0 saturated carbocycles. The number of hydrogen-bond acceptors (Lipinski definition) is 2. The van der Waals surface area contributed by atoms with Crippen LogP contribution in [0, 0.1) is 0 Å². The van der Waals surface area contributed by atoms with Crippen molar-refractivity contribution in [3.63, 3.8) is 0 Å². The van der Waals surface area contributed by atoms with Crippen molar-refractivity contribution in [1.29, 1.82) is 0 Å². The minimum atomic E-state index is 0.365. The number of rotatable bonds is 0. The van der Waals surface area contributed by atoms with Crippen molar-refractivity contribution in [2.45, 2.75) is 44.9 Å². The first kappa shape index (κ1) is 7.03. The molecular weight excluding hydrogens is 114 g/mol. The van der Waals surface area contributed by atoms with E-state index in [0.717, 1.165) is 12.8 Å². The van der Waals surface area contributed by atoms with Gasteiger partial charge in [-0.2, -0.15) is 0 Å². The molecule has 0 aliphatic carbocycles. The van der Waals surface area contributed by atoms with Crippen LogP contribution >= 0.6 is 0 Å². The molecule has 0 unspecified atom stereocenters. The molecule has 0 amide bonds. The van der Waals surface area contributed by atoms with E-state index in [9.17, 15) is 0 Å². The molecule has 2 heteroatoms. The highest BCUT2D eigenvalue weighted by atomic mass is 16.5. The lowest BCUT2D eigenvalue weighted by Crippen LogP contribution is -2.37. The van der Waals surface area contributed by atoms with Gasteiger partial charge in [0, 0.05) is 6.04 Å². The Hall–Kier alpha value is -0.0800. The van der Waals surface area contributed by atoms with Gasteiger partial charge in [0.2, 0.25) is 0 Å². The summed E-state index contributed by atoms with van der Waals surface area (Å²) < 4.78 is 5.48. The molecule has 0 spiro atoms. The maximum absolute atomic E-state index is 5.74. The molecule has 1 aliphatic heterocycles. The van der Waals surface area contributed by atoms with E-state index in [4.69, 9.17) is 10.5 Å². The SMILES string of the molecule is C[C@@H]1CC(N)C[C@@H](C)O1. The molecule has 2 atom stereocenters. The van der Waals surface area contributed by atoms with Crippen LogP contribution in [0.4, 0.5) is 0 Å². The predicted molar refractivity (Wildman–Crippen MR) is 37.2 cm³/mol. The first-order chi connectivity index (χ1) is 4.18. The summed E-state index contributed by atoms with van der Waals surface area (Å²) in [6.45, 7) is 4.16. The van der Waals surface area contributed by atoms with Gasteiger partial charge in [-0.3, -0.25) is 0 Å². The molecule has 0 aromatic rings. The molecular formula is C7H15NO. The maximum atomic E-state index is 5.74. The number of hydrogen-bond donors (Lipinski definition) is 1. The monoisotopic (exact) mass is 129 g/mol. The van der Waals surface area contributed by atoms with Crippen LogP contribution < -0.4 is 5.73 Å². The van der Waals surface area contributed by atoms with E-state index >= 15 is 0 Å². The van der Waals surface area contributed by atoms with E-state index in [1.54, 1.807) is 0 Å². The van der Waals surface area contributed by atoms with Gasteiger partial charge in [0.05, 0.1) is 12.2 Å². The number of ether oxygens (including phenoxy) is 1. The van der Waals surface area contributed by atoms with Gasteiger partial charge < -0.3 is 10.5 Å². The normalized spacial score (nSPS) is 45.0. The van der Waals surface area contributed by atoms with Crippen LogP contribution in [0.1, 0.15) is 26.7 Å². The Bertz CT molecular complexity index is 69.9. The summed E-state index contributed by atoms with van der Waals surface area (Å²) in [5, 5.41) is 0. The maximum Gasteiger partial charge on any atom is 0.0565 e. The Labute approximate surface area is 56.4 Å². The second-order valence-corrected chi connectivity index (χ2v) is 2.99. The summed E-state index contributed by atoms with van der Waals surface area (Å²) in [5.41, 5.74) is 5.74. The zero-order chi connectivity index (χ0) is 6.85. The van der Waals surface area contributed by atoms with Crippen molar-refractivity contribution in [2.24, 2.45) is 5.73 Å². The molecule has 1 saturated heterocycles.